The third-order valence-corrected chi connectivity index (χ3v) is 1.87. The smallest absolute Gasteiger partial charge is 0.0373 e. The molecule has 0 rings (SSSR count). The van der Waals surface area contributed by atoms with Gasteiger partial charge in [0.1, 0.15) is 0 Å². The first-order valence-corrected chi connectivity index (χ1v) is 4.58. The monoisotopic (exact) mass is 105 g/mol. The molecule has 0 aliphatic carbocycles. The van der Waals surface area contributed by atoms with Gasteiger partial charge in [-0.15, -0.1) is 0 Å². The van der Waals surface area contributed by atoms with E-state index in [0.29, 0.717) is 0 Å². The lowest BCUT2D eigenvalue weighted by Crippen LogP contribution is -1.66. The number of rotatable bonds is 1. The van der Waals surface area contributed by atoms with Crippen molar-refractivity contribution >= 4 is 7.14 Å². The van der Waals surface area contributed by atoms with Gasteiger partial charge in [0.05, 0.1) is 0 Å². The second kappa shape index (κ2) is 1.79. The maximum absolute atomic E-state index is 10.5. The highest BCUT2D eigenvalue weighted by atomic mass is 31.2. The van der Waals surface area contributed by atoms with Gasteiger partial charge in [-0.25, -0.2) is 0 Å². The predicted molar refractivity (Wildman–Crippen MR) is 29.4 cm³/mol. The topological polar surface area (TPSA) is 17.1 Å². The molecule has 0 atom stereocenters. The van der Waals surface area contributed by atoms with Gasteiger partial charge in [0.15, 0.2) is 0 Å². The van der Waals surface area contributed by atoms with Crippen molar-refractivity contribution in [2.45, 2.75) is 6.92 Å². The van der Waals surface area contributed by atoms with Gasteiger partial charge in [0, 0.05) is 0 Å². The van der Waals surface area contributed by atoms with Gasteiger partial charge in [-0.1, -0.05) is 7.14 Å². The molecule has 0 radical (unpaired) electrons. The Morgan fingerprint density at radius 1 is 1.50 bits per heavy atom. The Morgan fingerprint density at radius 2 is 1.67 bits per heavy atom. The molecule has 0 spiro atoms. The van der Waals surface area contributed by atoms with Crippen LogP contribution in [0.4, 0.5) is 0 Å². The molecular weight excluding hydrogens is 95.0 g/mol. The highest BCUT2D eigenvalue weighted by molar-refractivity contribution is 7.64. The minimum absolute atomic E-state index is 1.74. The predicted octanol–water partition coefficient (Wildman–Crippen LogP) is 1.79. The summed E-state index contributed by atoms with van der Waals surface area (Å²) in [6.45, 7) is 5.31. The van der Waals surface area contributed by atoms with Gasteiger partial charge in [0.2, 0.25) is 0 Å². The summed E-state index contributed by atoms with van der Waals surface area (Å²) in [4.78, 5) is 0. The first-order chi connectivity index (χ1) is 2.56. The van der Waals surface area contributed by atoms with Gasteiger partial charge in [-0.05, 0) is 13.3 Å². The van der Waals surface area contributed by atoms with Crippen LogP contribution in [0.1, 0.15) is 6.92 Å². The van der Waals surface area contributed by atoms with E-state index in [9.17, 15) is 4.57 Å². The Morgan fingerprint density at radius 3 is 1.67 bits per heavy atom. The Labute approximate surface area is 39.1 Å². The summed E-state index contributed by atoms with van der Waals surface area (Å²) in [6.07, 6.45) is 1.74. The van der Waals surface area contributed by atoms with Crippen LogP contribution in [0.25, 0.3) is 0 Å². The van der Waals surface area contributed by atoms with Crippen molar-refractivity contribution in [1.82, 2.24) is 0 Å². The molecule has 0 unspecified atom stereocenters. The standard InChI is InChI=1S/C4H10OP/c1-4-6(2,3)5/h4H,1-3H3/q-1. The highest BCUT2D eigenvalue weighted by Crippen LogP contribution is 2.38. The molecule has 0 bridgehead atoms. The SMILES string of the molecule is C[CH-]P(C)(C)=O. The van der Waals surface area contributed by atoms with Crippen LogP contribution in [0.5, 0.6) is 0 Å². The minimum Gasteiger partial charge on any atom is -0.358 e. The van der Waals surface area contributed by atoms with E-state index < -0.39 is 7.14 Å². The normalized spacial score (nSPS) is 11.8. The zero-order chi connectivity index (χ0) is 5.21. The van der Waals surface area contributed by atoms with E-state index in [2.05, 4.69) is 0 Å². The summed E-state index contributed by atoms with van der Waals surface area (Å²) in [5.41, 5.74) is 0. The second-order valence-corrected chi connectivity index (χ2v) is 5.08. The summed E-state index contributed by atoms with van der Waals surface area (Å²) in [7, 11) is -1.77. The van der Waals surface area contributed by atoms with Crippen LogP contribution in [-0.4, -0.2) is 13.3 Å². The molecule has 0 amide bonds. The summed E-state index contributed by atoms with van der Waals surface area (Å²) in [5, 5.41) is 0. The minimum atomic E-state index is -1.77. The molecule has 0 aromatic carbocycles. The summed E-state index contributed by atoms with van der Waals surface area (Å²) < 4.78 is 10.5. The fourth-order valence-corrected chi connectivity index (χ4v) is 0. The van der Waals surface area contributed by atoms with Crippen molar-refractivity contribution in [2.75, 3.05) is 13.3 Å². The molecular formula is C4H10OP-. The lowest BCUT2D eigenvalue weighted by atomic mass is 11.0. The quantitative estimate of drug-likeness (QED) is 0.367. The molecule has 0 aliphatic heterocycles. The van der Waals surface area contributed by atoms with Crippen molar-refractivity contribution in [3.8, 4) is 0 Å². The summed E-state index contributed by atoms with van der Waals surface area (Å²) in [5.74, 6) is 0. The maximum atomic E-state index is 10.5. The number of hydrogen-bond donors (Lipinski definition) is 0. The van der Waals surface area contributed by atoms with Crippen molar-refractivity contribution in [2.24, 2.45) is 0 Å². The van der Waals surface area contributed by atoms with Crippen molar-refractivity contribution in [3.63, 3.8) is 0 Å². The van der Waals surface area contributed by atoms with Crippen molar-refractivity contribution in [1.29, 1.82) is 0 Å². The molecule has 0 aromatic heterocycles. The first kappa shape index (κ1) is 6.23. The Bertz CT molecular complexity index is 71.6. The van der Waals surface area contributed by atoms with Crippen molar-refractivity contribution in [3.05, 3.63) is 6.16 Å². The fourth-order valence-electron chi connectivity index (χ4n) is 0. The molecule has 0 aliphatic rings. The van der Waals surface area contributed by atoms with E-state index in [1.165, 1.54) is 0 Å². The molecule has 0 saturated heterocycles. The van der Waals surface area contributed by atoms with E-state index in [0.717, 1.165) is 0 Å². The second-order valence-electron chi connectivity index (χ2n) is 1.69. The highest BCUT2D eigenvalue weighted by Gasteiger charge is 1.85. The molecule has 1 nitrogen and oxygen atoms in total. The molecule has 0 aromatic rings. The lowest BCUT2D eigenvalue weighted by molar-refractivity contribution is 0.586. The molecule has 0 heterocycles. The molecule has 6 heavy (non-hydrogen) atoms. The number of hydrogen-bond acceptors (Lipinski definition) is 1. The summed E-state index contributed by atoms with van der Waals surface area (Å²) >= 11 is 0. The average molecular weight is 105 g/mol. The summed E-state index contributed by atoms with van der Waals surface area (Å²) in [6, 6.07) is 0. The van der Waals surface area contributed by atoms with E-state index >= 15 is 0 Å². The van der Waals surface area contributed by atoms with Gasteiger partial charge in [-0.2, -0.15) is 6.92 Å². The van der Waals surface area contributed by atoms with E-state index in [-0.39, 0.29) is 0 Å². The molecule has 0 saturated carbocycles. The van der Waals surface area contributed by atoms with Crippen LogP contribution in [0.3, 0.4) is 0 Å². The van der Waals surface area contributed by atoms with E-state index in [4.69, 9.17) is 0 Å². The van der Waals surface area contributed by atoms with Crippen LogP contribution in [0.15, 0.2) is 0 Å². The third kappa shape index (κ3) is 4.23. The third-order valence-electron chi connectivity index (χ3n) is 0.622. The van der Waals surface area contributed by atoms with Crippen LogP contribution >= 0.6 is 7.14 Å². The molecule has 0 N–H and O–H groups in total. The van der Waals surface area contributed by atoms with Crippen LogP contribution in [0, 0.1) is 6.16 Å². The Kier molecular flexibility index (Phi) is 1.86. The lowest BCUT2D eigenvalue weighted by Gasteiger charge is -2.09. The largest absolute Gasteiger partial charge is 0.358 e. The maximum Gasteiger partial charge on any atom is -0.0373 e. The van der Waals surface area contributed by atoms with Gasteiger partial charge in [0.25, 0.3) is 0 Å². The zero-order valence-electron chi connectivity index (χ0n) is 4.43. The Balaban J connectivity index is 3.48. The zero-order valence-corrected chi connectivity index (χ0v) is 5.33. The van der Waals surface area contributed by atoms with E-state index in [1.807, 2.05) is 6.92 Å². The average Bonchev–Trinajstić information content (AvgIpc) is 1.35. The first-order valence-electron chi connectivity index (χ1n) is 1.91. The van der Waals surface area contributed by atoms with E-state index in [1.54, 1.807) is 19.5 Å². The van der Waals surface area contributed by atoms with Gasteiger partial charge >= 0.3 is 0 Å². The van der Waals surface area contributed by atoms with Crippen LogP contribution in [-0.2, 0) is 4.57 Å². The molecule has 38 valence electrons. The molecule has 0 fully saturated rings. The Hall–Kier alpha value is 0.230. The fraction of sp³-hybridized carbons (Fsp3) is 0.750. The van der Waals surface area contributed by atoms with Crippen LogP contribution < -0.4 is 0 Å². The van der Waals surface area contributed by atoms with Crippen molar-refractivity contribution < 1.29 is 4.57 Å². The van der Waals surface area contributed by atoms with Gasteiger partial charge < -0.3 is 4.57 Å². The molecule has 2 heteroatoms. The van der Waals surface area contributed by atoms with Gasteiger partial charge in [-0.3, -0.25) is 6.16 Å². The van der Waals surface area contributed by atoms with Crippen LogP contribution in [0.2, 0.25) is 0 Å².